The molecule has 1 amide bonds. The third kappa shape index (κ3) is 5.62. The summed E-state index contributed by atoms with van der Waals surface area (Å²) in [4.78, 5) is 39.3. The van der Waals surface area contributed by atoms with Crippen LogP contribution in [0, 0.1) is 19.8 Å². The number of hydrogen-bond donors (Lipinski definition) is 2. The zero-order valence-electron chi connectivity index (χ0n) is 16.0. The highest BCUT2D eigenvalue weighted by Crippen LogP contribution is 2.20. The second-order valence-electron chi connectivity index (χ2n) is 6.77. The lowest BCUT2D eigenvalue weighted by molar-refractivity contribution is -0.129. The Labute approximate surface area is 148 Å². The number of esters is 2. The van der Waals surface area contributed by atoms with Gasteiger partial charge in [-0.3, -0.25) is 4.79 Å². The van der Waals surface area contributed by atoms with Crippen molar-refractivity contribution in [1.82, 2.24) is 10.3 Å². The number of amides is 1. The molecule has 0 spiro atoms. The van der Waals surface area contributed by atoms with E-state index in [4.69, 9.17) is 9.47 Å². The van der Waals surface area contributed by atoms with Crippen LogP contribution in [-0.4, -0.2) is 41.6 Å². The highest BCUT2D eigenvalue weighted by atomic mass is 16.6. The van der Waals surface area contributed by atoms with Crippen LogP contribution in [0.5, 0.6) is 0 Å². The zero-order chi connectivity index (χ0) is 19.3. The van der Waals surface area contributed by atoms with Gasteiger partial charge in [0.05, 0.1) is 11.7 Å². The van der Waals surface area contributed by atoms with Crippen LogP contribution >= 0.6 is 0 Å². The number of aromatic amines is 1. The number of aryl methyl sites for hydroxylation is 1. The molecule has 7 heteroatoms. The predicted molar refractivity (Wildman–Crippen MR) is 93.5 cm³/mol. The lowest BCUT2D eigenvalue weighted by Gasteiger charge is -2.14. The van der Waals surface area contributed by atoms with Crippen molar-refractivity contribution in [2.75, 3.05) is 6.54 Å². The van der Waals surface area contributed by atoms with E-state index >= 15 is 0 Å². The quantitative estimate of drug-likeness (QED) is 0.735. The number of aromatic nitrogens is 1. The van der Waals surface area contributed by atoms with Gasteiger partial charge in [0.25, 0.3) is 5.91 Å². The average Bonchev–Trinajstić information content (AvgIpc) is 2.78. The van der Waals surface area contributed by atoms with Crippen molar-refractivity contribution < 1.29 is 23.9 Å². The summed E-state index contributed by atoms with van der Waals surface area (Å²) in [5.74, 6) is -1.24. The summed E-state index contributed by atoms with van der Waals surface area (Å²) >= 11 is 0. The minimum Gasteiger partial charge on any atom is -0.459 e. The first-order valence-electron chi connectivity index (χ1n) is 8.43. The van der Waals surface area contributed by atoms with Crippen LogP contribution in [0.25, 0.3) is 0 Å². The molecular formula is C18H28N2O5. The standard InChI is InChI=1S/C18H28N2O5/c1-9(2)8-19-16(21)13(7)25-18(23)15-11(5)14(12(6)20-15)17(22)24-10(3)4/h9-10,13,20H,8H2,1-7H3,(H,19,21)/t13-/m1/s1. The van der Waals surface area contributed by atoms with E-state index in [1.54, 1.807) is 27.7 Å². The Bertz CT molecular complexity index is 646. The number of carbonyl (C=O) groups excluding carboxylic acids is 3. The SMILES string of the molecule is Cc1[nH]c(C(=O)O[C@H](C)C(=O)NCC(C)C)c(C)c1C(=O)OC(C)C. The van der Waals surface area contributed by atoms with Crippen molar-refractivity contribution in [3.8, 4) is 0 Å². The summed E-state index contributed by atoms with van der Waals surface area (Å²) in [5, 5.41) is 2.71. The van der Waals surface area contributed by atoms with Gasteiger partial charge in [0.2, 0.25) is 0 Å². The summed E-state index contributed by atoms with van der Waals surface area (Å²) in [6, 6.07) is 0. The van der Waals surface area contributed by atoms with Crippen LogP contribution in [0.15, 0.2) is 0 Å². The highest BCUT2D eigenvalue weighted by molar-refractivity contribution is 5.99. The Hall–Kier alpha value is -2.31. The molecule has 1 atom stereocenters. The second-order valence-corrected chi connectivity index (χ2v) is 6.77. The van der Waals surface area contributed by atoms with Gasteiger partial charge in [0.1, 0.15) is 5.69 Å². The maximum absolute atomic E-state index is 12.3. The molecule has 0 saturated carbocycles. The molecule has 0 aliphatic heterocycles. The molecule has 0 radical (unpaired) electrons. The van der Waals surface area contributed by atoms with Gasteiger partial charge in [0.15, 0.2) is 6.10 Å². The van der Waals surface area contributed by atoms with Crippen molar-refractivity contribution in [2.45, 2.75) is 60.7 Å². The molecule has 0 unspecified atom stereocenters. The molecule has 0 aliphatic rings. The Morgan fingerprint density at radius 1 is 1.00 bits per heavy atom. The molecular weight excluding hydrogens is 324 g/mol. The Morgan fingerprint density at radius 2 is 1.60 bits per heavy atom. The van der Waals surface area contributed by atoms with Crippen molar-refractivity contribution in [3.63, 3.8) is 0 Å². The van der Waals surface area contributed by atoms with Gasteiger partial charge in [-0.15, -0.1) is 0 Å². The number of hydrogen-bond acceptors (Lipinski definition) is 5. The summed E-state index contributed by atoms with van der Waals surface area (Å²) < 4.78 is 10.4. The smallest absolute Gasteiger partial charge is 0.355 e. The van der Waals surface area contributed by atoms with E-state index in [1.165, 1.54) is 6.92 Å². The molecule has 0 bridgehead atoms. The van der Waals surface area contributed by atoms with E-state index in [0.29, 0.717) is 29.3 Å². The van der Waals surface area contributed by atoms with Crippen molar-refractivity contribution in [3.05, 3.63) is 22.5 Å². The van der Waals surface area contributed by atoms with E-state index < -0.39 is 18.0 Å². The summed E-state index contributed by atoms with van der Waals surface area (Å²) in [6.45, 7) is 12.8. The van der Waals surface area contributed by atoms with E-state index in [0.717, 1.165) is 0 Å². The second kappa shape index (κ2) is 8.69. The average molecular weight is 352 g/mol. The lowest BCUT2D eigenvalue weighted by Crippen LogP contribution is -2.37. The van der Waals surface area contributed by atoms with Crippen LogP contribution < -0.4 is 5.32 Å². The number of ether oxygens (including phenoxy) is 2. The van der Waals surface area contributed by atoms with Crippen molar-refractivity contribution >= 4 is 17.8 Å². The van der Waals surface area contributed by atoms with Crippen molar-refractivity contribution in [1.29, 1.82) is 0 Å². The van der Waals surface area contributed by atoms with Crippen LogP contribution in [0.1, 0.15) is 66.7 Å². The summed E-state index contributed by atoms with van der Waals surface area (Å²) in [5.41, 5.74) is 1.43. The highest BCUT2D eigenvalue weighted by Gasteiger charge is 2.26. The zero-order valence-corrected chi connectivity index (χ0v) is 16.0. The fourth-order valence-electron chi connectivity index (χ4n) is 2.25. The molecule has 7 nitrogen and oxygen atoms in total. The van der Waals surface area contributed by atoms with E-state index in [2.05, 4.69) is 10.3 Å². The van der Waals surface area contributed by atoms with Crippen LogP contribution in [0.2, 0.25) is 0 Å². The first kappa shape index (κ1) is 20.7. The molecule has 1 rings (SSSR count). The van der Waals surface area contributed by atoms with Gasteiger partial charge < -0.3 is 19.8 Å². The molecule has 1 aromatic heterocycles. The summed E-state index contributed by atoms with van der Waals surface area (Å²) in [7, 11) is 0. The van der Waals surface area contributed by atoms with Crippen LogP contribution in [-0.2, 0) is 14.3 Å². The van der Waals surface area contributed by atoms with Gasteiger partial charge in [-0.1, -0.05) is 13.8 Å². The fraction of sp³-hybridized carbons (Fsp3) is 0.611. The topological polar surface area (TPSA) is 97.5 Å². The van der Waals surface area contributed by atoms with Crippen molar-refractivity contribution in [2.24, 2.45) is 5.92 Å². The number of H-pyrrole nitrogens is 1. The molecule has 0 saturated heterocycles. The van der Waals surface area contributed by atoms with Gasteiger partial charge in [-0.05, 0) is 46.1 Å². The Morgan fingerprint density at radius 3 is 2.12 bits per heavy atom. The Balaban J connectivity index is 2.86. The van der Waals surface area contributed by atoms with Crippen LogP contribution in [0.4, 0.5) is 0 Å². The molecule has 0 fully saturated rings. The monoisotopic (exact) mass is 352 g/mol. The Kier molecular flexibility index (Phi) is 7.21. The molecule has 140 valence electrons. The molecule has 0 aromatic carbocycles. The predicted octanol–water partition coefficient (Wildman–Crippen LogP) is 2.51. The lowest BCUT2D eigenvalue weighted by atomic mass is 10.1. The first-order chi connectivity index (χ1) is 11.5. The van der Waals surface area contributed by atoms with Gasteiger partial charge >= 0.3 is 11.9 Å². The van der Waals surface area contributed by atoms with Gasteiger partial charge in [-0.25, -0.2) is 9.59 Å². The normalized spacial score (nSPS) is 12.2. The molecule has 0 aliphatic carbocycles. The molecule has 25 heavy (non-hydrogen) atoms. The molecule has 2 N–H and O–H groups in total. The number of carbonyl (C=O) groups is 3. The van der Waals surface area contributed by atoms with Crippen LogP contribution in [0.3, 0.4) is 0 Å². The third-order valence-electron chi connectivity index (χ3n) is 3.53. The van der Waals surface area contributed by atoms with Gasteiger partial charge in [-0.2, -0.15) is 0 Å². The first-order valence-corrected chi connectivity index (χ1v) is 8.43. The largest absolute Gasteiger partial charge is 0.459 e. The molecule has 1 aromatic rings. The minimum absolute atomic E-state index is 0.150. The number of rotatable bonds is 7. The maximum Gasteiger partial charge on any atom is 0.355 e. The minimum atomic E-state index is -0.930. The molecule has 1 heterocycles. The maximum atomic E-state index is 12.3. The van der Waals surface area contributed by atoms with E-state index in [1.807, 2.05) is 13.8 Å². The van der Waals surface area contributed by atoms with E-state index in [9.17, 15) is 14.4 Å². The fourth-order valence-corrected chi connectivity index (χ4v) is 2.25. The van der Waals surface area contributed by atoms with Gasteiger partial charge in [0, 0.05) is 12.2 Å². The van der Waals surface area contributed by atoms with E-state index in [-0.39, 0.29) is 17.7 Å². The summed E-state index contributed by atoms with van der Waals surface area (Å²) in [6.07, 6.45) is -1.19. The third-order valence-corrected chi connectivity index (χ3v) is 3.53. The number of nitrogens with one attached hydrogen (secondary N) is 2.